The first-order valence-electron chi connectivity index (χ1n) is 5.12. The van der Waals surface area contributed by atoms with Crippen LogP contribution in [0.15, 0.2) is 35.6 Å². The van der Waals surface area contributed by atoms with Gasteiger partial charge in [0.15, 0.2) is 0 Å². The third kappa shape index (κ3) is 3.10. The Morgan fingerprint density at radius 2 is 2.38 bits per heavy atom. The Labute approximate surface area is 81.2 Å². The molecule has 0 amide bonds. The molecule has 0 atom stereocenters. The number of hydrogen-bond acceptors (Lipinski definition) is 1. The van der Waals surface area contributed by atoms with Crippen LogP contribution in [0.1, 0.15) is 32.6 Å². The van der Waals surface area contributed by atoms with Crippen molar-refractivity contribution < 1.29 is 0 Å². The first kappa shape index (κ1) is 10.1. The second-order valence-corrected chi connectivity index (χ2v) is 3.30. The molecule has 0 spiro atoms. The summed E-state index contributed by atoms with van der Waals surface area (Å²) in [6.07, 6.45) is 13.8. The molecule has 1 nitrogen and oxygen atoms in total. The highest BCUT2D eigenvalue weighted by Gasteiger charge is 2.00. The fourth-order valence-electron chi connectivity index (χ4n) is 1.57. The summed E-state index contributed by atoms with van der Waals surface area (Å²) in [5.41, 5.74) is 2.80. The van der Waals surface area contributed by atoms with Crippen molar-refractivity contribution in [3.05, 3.63) is 35.6 Å². The molecule has 0 radical (unpaired) electrons. The summed E-state index contributed by atoms with van der Waals surface area (Å²) >= 11 is 0. The molecule has 0 fully saturated rings. The van der Waals surface area contributed by atoms with Crippen molar-refractivity contribution in [1.82, 2.24) is 5.32 Å². The lowest BCUT2D eigenvalue weighted by molar-refractivity contribution is 0.874. The van der Waals surface area contributed by atoms with E-state index >= 15 is 0 Å². The van der Waals surface area contributed by atoms with E-state index in [1.54, 1.807) is 0 Å². The topological polar surface area (TPSA) is 12.0 Å². The van der Waals surface area contributed by atoms with Gasteiger partial charge in [-0.1, -0.05) is 25.2 Å². The van der Waals surface area contributed by atoms with Crippen molar-refractivity contribution in [1.29, 1.82) is 0 Å². The van der Waals surface area contributed by atoms with Gasteiger partial charge in [0.2, 0.25) is 0 Å². The Morgan fingerprint density at radius 3 is 3.08 bits per heavy atom. The van der Waals surface area contributed by atoms with Gasteiger partial charge in [-0.2, -0.15) is 0 Å². The summed E-state index contributed by atoms with van der Waals surface area (Å²) < 4.78 is 0. The lowest BCUT2D eigenvalue weighted by atomic mass is 10.0. The maximum atomic E-state index is 3.10. The molecular weight excluding hydrogens is 158 g/mol. The number of allylic oxidation sites excluding steroid dienone is 5. The first-order valence-corrected chi connectivity index (χ1v) is 5.12. The third-order valence-electron chi connectivity index (χ3n) is 2.31. The lowest BCUT2D eigenvalue weighted by Gasteiger charge is -2.05. The second-order valence-electron chi connectivity index (χ2n) is 3.30. The molecule has 0 heterocycles. The fourth-order valence-corrected chi connectivity index (χ4v) is 1.57. The van der Waals surface area contributed by atoms with Crippen LogP contribution >= 0.6 is 0 Å². The van der Waals surface area contributed by atoms with E-state index in [0.717, 1.165) is 6.42 Å². The standard InChI is InChI=1S/C12H19N/c1-3-11(10-13-2)12-8-6-4-5-7-9-12/h6,8-10,13H,3-5,7H2,1-2H3/b11-10-. The molecule has 0 aromatic rings. The zero-order valence-corrected chi connectivity index (χ0v) is 8.64. The Bertz CT molecular complexity index is 234. The van der Waals surface area contributed by atoms with Crippen molar-refractivity contribution in [3.8, 4) is 0 Å². The van der Waals surface area contributed by atoms with Crippen LogP contribution in [-0.2, 0) is 0 Å². The highest BCUT2D eigenvalue weighted by Crippen LogP contribution is 2.19. The number of rotatable bonds is 3. The molecule has 0 saturated heterocycles. The molecule has 0 saturated carbocycles. The minimum absolute atomic E-state index is 1.09. The van der Waals surface area contributed by atoms with Gasteiger partial charge in [-0.25, -0.2) is 0 Å². The van der Waals surface area contributed by atoms with E-state index in [1.165, 1.54) is 30.4 Å². The number of nitrogens with one attached hydrogen (secondary N) is 1. The van der Waals surface area contributed by atoms with E-state index < -0.39 is 0 Å². The Morgan fingerprint density at radius 1 is 1.54 bits per heavy atom. The van der Waals surface area contributed by atoms with Crippen LogP contribution in [0.5, 0.6) is 0 Å². The van der Waals surface area contributed by atoms with Crippen LogP contribution < -0.4 is 5.32 Å². The molecule has 1 heteroatoms. The van der Waals surface area contributed by atoms with Crippen LogP contribution in [0, 0.1) is 0 Å². The zero-order chi connectivity index (χ0) is 9.52. The Hall–Kier alpha value is -0.980. The van der Waals surface area contributed by atoms with Crippen LogP contribution in [0.2, 0.25) is 0 Å². The SMILES string of the molecule is CC/C(=C/NC)C1=CCCCC=C1. The minimum atomic E-state index is 1.09. The highest BCUT2D eigenvalue weighted by molar-refractivity contribution is 5.39. The third-order valence-corrected chi connectivity index (χ3v) is 2.31. The van der Waals surface area contributed by atoms with Gasteiger partial charge in [0.05, 0.1) is 0 Å². The molecule has 0 unspecified atom stereocenters. The molecule has 0 aromatic carbocycles. The van der Waals surface area contributed by atoms with E-state index in [0.29, 0.717) is 0 Å². The Kier molecular flexibility index (Phi) is 4.37. The fraction of sp³-hybridized carbons (Fsp3) is 0.500. The average molecular weight is 177 g/mol. The van der Waals surface area contributed by atoms with Crippen LogP contribution in [0.3, 0.4) is 0 Å². The molecule has 1 N–H and O–H groups in total. The average Bonchev–Trinajstić information content (AvgIpc) is 2.42. The van der Waals surface area contributed by atoms with Gasteiger partial charge in [0, 0.05) is 7.05 Å². The molecule has 0 aliphatic heterocycles. The van der Waals surface area contributed by atoms with Crippen molar-refractivity contribution in [2.24, 2.45) is 0 Å². The molecular formula is C12H19N. The van der Waals surface area contributed by atoms with Gasteiger partial charge in [0.1, 0.15) is 0 Å². The molecule has 0 bridgehead atoms. The second kappa shape index (κ2) is 5.63. The molecule has 72 valence electrons. The van der Waals surface area contributed by atoms with Crippen molar-refractivity contribution in [2.75, 3.05) is 7.05 Å². The summed E-state index contributed by atoms with van der Waals surface area (Å²) in [6, 6.07) is 0. The normalized spacial score (nSPS) is 18.0. The summed E-state index contributed by atoms with van der Waals surface area (Å²) in [7, 11) is 1.95. The summed E-state index contributed by atoms with van der Waals surface area (Å²) in [6.45, 7) is 2.20. The van der Waals surface area contributed by atoms with Crippen molar-refractivity contribution in [3.63, 3.8) is 0 Å². The summed E-state index contributed by atoms with van der Waals surface area (Å²) in [5, 5.41) is 3.10. The lowest BCUT2D eigenvalue weighted by Crippen LogP contribution is -1.97. The molecule has 13 heavy (non-hydrogen) atoms. The summed E-state index contributed by atoms with van der Waals surface area (Å²) in [4.78, 5) is 0. The molecule has 1 aliphatic carbocycles. The van der Waals surface area contributed by atoms with Gasteiger partial charge in [-0.3, -0.25) is 0 Å². The summed E-state index contributed by atoms with van der Waals surface area (Å²) in [5.74, 6) is 0. The van der Waals surface area contributed by atoms with E-state index in [9.17, 15) is 0 Å². The first-order chi connectivity index (χ1) is 6.38. The maximum absolute atomic E-state index is 3.10. The van der Waals surface area contributed by atoms with E-state index in [-0.39, 0.29) is 0 Å². The number of hydrogen-bond donors (Lipinski definition) is 1. The van der Waals surface area contributed by atoms with Gasteiger partial charge in [-0.05, 0) is 43.0 Å². The Balaban J connectivity index is 2.76. The van der Waals surface area contributed by atoms with Crippen molar-refractivity contribution in [2.45, 2.75) is 32.6 Å². The van der Waals surface area contributed by atoms with Gasteiger partial charge in [0.25, 0.3) is 0 Å². The molecule has 1 aliphatic rings. The van der Waals surface area contributed by atoms with Crippen molar-refractivity contribution >= 4 is 0 Å². The van der Waals surface area contributed by atoms with Crippen LogP contribution in [-0.4, -0.2) is 7.05 Å². The highest BCUT2D eigenvalue weighted by atomic mass is 14.8. The smallest absolute Gasteiger partial charge is 0.00278 e. The van der Waals surface area contributed by atoms with Crippen LogP contribution in [0.4, 0.5) is 0 Å². The van der Waals surface area contributed by atoms with Gasteiger partial charge < -0.3 is 5.32 Å². The predicted molar refractivity (Wildman–Crippen MR) is 58.5 cm³/mol. The van der Waals surface area contributed by atoms with Crippen LogP contribution in [0.25, 0.3) is 0 Å². The van der Waals surface area contributed by atoms with E-state index in [2.05, 4.69) is 36.7 Å². The monoisotopic (exact) mass is 177 g/mol. The minimum Gasteiger partial charge on any atom is -0.394 e. The largest absolute Gasteiger partial charge is 0.394 e. The van der Waals surface area contributed by atoms with E-state index in [4.69, 9.17) is 0 Å². The molecule has 0 aromatic heterocycles. The zero-order valence-electron chi connectivity index (χ0n) is 8.64. The quantitative estimate of drug-likeness (QED) is 0.698. The molecule has 1 rings (SSSR count). The van der Waals surface area contributed by atoms with Gasteiger partial charge in [-0.15, -0.1) is 0 Å². The maximum Gasteiger partial charge on any atom is 0.00278 e. The van der Waals surface area contributed by atoms with Gasteiger partial charge >= 0.3 is 0 Å². The predicted octanol–water partition coefficient (Wildman–Crippen LogP) is 3.17. The van der Waals surface area contributed by atoms with E-state index in [1.807, 2.05) is 7.05 Å².